The Morgan fingerprint density at radius 1 is 0.806 bits per heavy atom. The molecule has 1 atom stereocenters. The summed E-state index contributed by atoms with van der Waals surface area (Å²) in [5, 5.41) is 31.9. The fourth-order valence-corrected chi connectivity index (χ4v) is 1.84. The van der Waals surface area contributed by atoms with E-state index < -0.39 is 23.9 Å². The molecule has 2 aromatic carbocycles. The van der Waals surface area contributed by atoms with E-state index >= 15 is 0 Å². The van der Waals surface area contributed by atoms with E-state index in [9.17, 15) is 9.59 Å². The number of halogens is 1. The fraction of sp³-hybridized carbons (Fsp3) is 0.238. The molecule has 10 heteroatoms. The molecule has 1 unspecified atom stereocenters. The van der Waals surface area contributed by atoms with Crippen molar-refractivity contribution in [3.8, 4) is 0 Å². The third kappa shape index (κ3) is 21.1. The molecule has 170 valence electrons. The van der Waals surface area contributed by atoms with E-state index in [1.54, 1.807) is 0 Å². The Balaban J connectivity index is 0. The molecule has 0 saturated heterocycles. The second-order valence-electron chi connectivity index (χ2n) is 5.64. The topological polar surface area (TPSA) is 158 Å². The van der Waals surface area contributed by atoms with Crippen molar-refractivity contribution in [3.05, 3.63) is 71.2 Å². The summed E-state index contributed by atoms with van der Waals surface area (Å²) in [5.74, 6) is -5.22. The molecule has 0 heterocycles. The number of aliphatic carboxylic acids is 4. The normalized spacial score (nSPS) is 9.77. The molecule has 31 heavy (non-hydrogen) atoms. The first-order chi connectivity index (χ1) is 14.5. The van der Waals surface area contributed by atoms with Crippen LogP contribution in [0.2, 0.25) is 5.02 Å². The van der Waals surface area contributed by atoms with Gasteiger partial charge < -0.3 is 25.2 Å². The van der Waals surface area contributed by atoms with Gasteiger partial charge in [-0.3, -0.25) is 4.79 Å². The summed E-state index contributed by atoms with van der Waals surface area (Å²) in [6, 6.07) is 19.1. The first kappa shape index (κ1) is 29.8. The van der Waals surface area contributed by atoms with Crippen LogP contribution in [0.4, 0.5) is 0 Å². The van der Waals surface area contributed by atoms with Gasteiger partial charge in [0.2, 0.25) is 0 Å². The molecule has 4 N–H and O–H groups in total. The summed E-state index contributed by atoms with van der Waals surface area (Å²) in [4.78, 5) is 38.1. The first-order valence-corrected chi connectivity index (χ1v) is 9.03. The van der Waals surface area contributed by atoms with Crippen LogP contribution < -0.4 is 0 Å². The highest BCUT2D eigenvalue weighted by molar-refractivity contribution is 6.30. The molecule has 2 aromatic rings. The number of carboxylic acids is 4. The lowest BCUT2D eigenvalue weighted by Crippen LogP contribution is -2.09. The quantitative estimate of drug-likeness (QED) is 0.494. The van der Waals surface area contributed by atoms with Crippen LogP contribution in [0.25, 0.3) is 0 Å². The number of benzene rings is 2. The van der Waals surface area contributed by atoms with Gasteiger partial charge in [-0.15, -0.1) is 0 Å². The maximum absolute atomic E-state index is 10.4. The molecule has 9 nitrogen and oxygen atoms in total. The van der Waals surface area contributed by atoms with Crippen LogP contribution in [0, 0.1) is 0 Å². The Kier molecular flexibility index (Phi) is 17.9. The molecule has 0 radical (unpaired) electrons. The zero-order valence-electron chi connectivity index (χ0n) is 17.0. The van der Waals surface area contributed by atoms with Crippen LogP contribution in [-0.2, 0) is 23.9 Å². The van der Waals surface area contributed by atoms with E-state index in [0.717, 1.165) is 10.6 Å². The van der Waals surface area contributed by atoms with Crippen molar-refractivity contribution in [3.63, 3.8) is 0 Å². The average molecular weight is 457 g/mol. The molecule has 0 saturated carbocycles. The lowest BCUT2D eigenvalue weighted by molar-refractivity contribution is -0.159. The molecule has 0 spiro atoms. The zero-order chi connectivity index (χ0) is 24.2. The standard InChI is InChI=1S/C10H12O2.C6H5Cl.C3H6O3.C2H2O4/c1-8(7-10(11)12)9-5-3-2-4-6-9;7-6-4-2-1-3-5-6;1-6-2-3(4)5;3-1(4)2(5)6/h2-6,8H,7H2,1H3,(H,11,12);1-5H;2H2,1H3,(H,4,5);(H,3,4)(H,5,6). The highest BCUT2D eigenvalue weighted by Crippen LogP contribution is 2.17. The highest BCUT2D eigenvalue weighted by atomic mass is 35.5. The van der Waals surface area contributed by atoms with Crippen molar-refractivity contribution in [2.45, 2.75) is 19.3 Å². The third-order valence-corrected chi connectivity index (χ3v) is 3.29. The van der Waals surface area contributed by atoms with Gasteiger partial charge in [0.15, 0.2) is 0 Å². The molecule has 0 bridgehead atoms. The number of hydrogen-bond donors (Lipinski definition) is 4. The molecule has 0 amide bonds. The van der Waals surface area contributed by atoms with Crippen LogP contribution >= 0.6 is 11.6 Å². The summed E-state index contributed by atoms with van der Waals surface area (Å²) < 4.78 is 4.20. The average Bonchev–Trinajstić information content (AvgIpc) is 2.70. The second-order valence-corrected chi connectivity index (χ2v) is 6.08. The summed E-state index contributed by atoms with van der Waals surface area (Å²) in [7, 11) is 1.34. The largest absolute Gasteiger partial charge is 0.481 e. The monoisotopic (exact) mass is 456 g/mol. The maximum Gasteiger partial charge on any atom is 0.414 e. The Morgan fingerprint density at radius 2 is 1.23 bits per heavy atom. The second kappa shape index (κ2) is 18.6. The molecule has 0 aromatic heterocycles. The first-order valence-electron chi connectivity index (χ1n) is 8.65. The molecular formula is C21H25ClO9. The number of methoxy groups -OCH3 is 1. The van der Waals surface area contributed by atoms with Crippen molar-refractivity contribution in [2.75, 3.05) is 13.7 Å². The van der Waals surface area contributed by atoms with Crippen LogP contribution in [-0.4, -0.2) is 58.0 Å². The van der Waals surface area contributed by atoms with Crippen molar-refractivity contribution in [2.24, 2.45) is 0 Å². The van der Waals surface area contributed by atoms with Crippen LogP contribution in [0.15, 0.2) is 60.7 Å². The van der Waals surface area contributed by atoms with E-state index in [2.05, 4.69) is 4.74 Å². The van der Waals surface area contributed by atoms with Crippen molar-refractivity contribution in [1.82, 2.24) is 0 Å². The van der Waals surface area contributed by atoms with Gasteiger partial charge in [0.1, 0.15) is 6.61 Å². The van der Waals surface area contributed by atoms with E-state index in [1.165, 1.54) is 7.11 Å². The van der Waals surface area contributed by atoms with Gasteiger partial charge in [0, 0.05) is 12.1 Å². The van der Waals surface area contributed by atoms with Crippen molar-refractivity contribution < 1.29 is 44.3 Å². The predicted molar refractivity (Wildman–Crippen MR) is 113 cm³/mol. The molecule has 0 aliphatic carbocycles. The number of rotatable bonds is 5. The van der Waals surface area contributed by atoms with Crippen LogP contribution in [0.5, 0.6) is 0 Å². The van der Waals surface area contributed by atoms with Gasteiger partial charge in [-0.1, -0.05) is 67.1 Å². The van der Waals surface area contributed by atoms with E-state index in [4.69, 9.17) is 41.6 Å². The Bertz CT molecular complexity index is 768. The van der Waals surface area contributed by atoms with E-state index in [1.807, 2.05) is 67.6 Å². The van der Waals surface area contributed by atoms with Gasteiger partial charge >= 0.3 is 23.9 Å². The summed E-state index contributed by atoms with van der Waals surface area (Å²) in [5.41, 5.74) is 1.08. The zero-order valence-corrected chi connectivity index (χ0v) is 17.7. The fourth-order valence-electron chi connectivity index (χ4n) is 1.70. The van der Waals surface area contributed by atoms with E-state index in [0.29, 0.717) is 0 Å². The van der Waals surface area contributed by atoms with Crippen molar-refractivity contribution in [1.29, 1.82) is 0 Å². The number of ether oxygens (including phenoxy) is 1. The lowest BCUT2D eigenvalue weighted by Gasteiger charge is -2.07. The SMILES string of the molecule is CC(CC(=O)O)c1ccccc1.COCC(=O)O.Clc1ccccc1.O=C(O)C(=O)O. The van der Waals surface area contributed by atoms with Crippen molar-refractivity contribution >= 4 is 35.5 Å². The van der Waals surface area contributed by atoms with Gasteiger partial charge in [0.05, 0.1) is 6.42 Å². The third-order valence-electron chi connectivity index (χ3n) is 3.03. The summed E-state index contributed by atoms with van der Waals surface area (Å²) >= 11 is 5.54. The minimum absolute atomic E-state index is 0.101. The van der Waals surface area contributed by atoms with Gasteiger partial charge in [-0.2, -0.15) is 0 Å². The Morgan fingerprint density at radius 3 is 1.45 bits per heavy atom. The van der Waals surface area contributed by atoms with Gasteiger partial charge in [-0.25, -0.2) is 14.4 Å². The number of hydrogen-bond acceptors (Lipinski definition) is 5. The molecular weight excluding hydrogens is 432 g/mol. The number of carboxylic acid groups (broad SMARTS) is 4. The Labute approximate surface area is 184 Å². The molecule has 0 aliphatic heterocycles. The van der Waals surface area contributed by atoms with Crippen LogP contribution in [0.1, 0.15) is 24.8 Å². The molecule has 0 fully saturated rings. The number of carbonyl (C=O) groups is 4. The Hall–Kier alpha value is -3.43. The van der Waals surface area contributed by atoms with E-state index in [-0.39, 0.29) is 18.9 Å². The highest BCUT2D eigenvalue weighted by Gasteiger charge is 2.08. The lowest BCUT2D eigenvalue weighted by atomic mass is 9.98. The predicted octanol–water partition coefficient (Wildman–Crippen LogP) is 3.48. The maximum atomic E-state index is 10.4. The smallest absolute Gasteiger partial charge is 0.414 e. The molecule has 2 rings (SSSR count). The summed E-state index contributed by atoms with van der Waals surface area (Å²) in [6.07, 6.45) is 0.198. The minimum Gasteiger partial charge on any atom is -0.481 e. The van der Waals surface area contributed by atoms with Crippen LogP contribution in [0.3, 0.4) is 0 Å². The molecule has 0 aliphatic rings. The minimum atomic E-state index is -1.82. The van der Waals surface area contributed by atoms with Gasteiger partial charge in [0.25, 0.3) is 0 Å². The van der Waals surface area contributed by atoms with Gasteiger partial charge in [-0.05, 0) is 23.6 Å². The summed E-state index contributed by atoms with van der Waals surface area (Å²) in [6.45, 7) is 1.71.